The highest BCUT2D eigenvalue weighted by Gasteiger charge is 2.25. The van der Waals surface area contributed by atoms with Crippen LogP contribution in [-0.2, 0) is 0 Å². The third kappa shape index (κ3) is 2.03. The average Bonchev–Trinajstić information content (AvgIpc) is 2.93. The van der Waals surface area contributed by atoms with Crippen LogP contribution in [0, 0.1) is 12.8 Å². The second-order valence-electron chi connectivity index (χ2n) is 5.46. The Bertz CT molecular complexity index is 553. The normalized spacial score (nSPS) is 18.3. The van der Waals surface area contributed by atoms with Crippen molar-refractivity contribution >= 4 is 22.4 Å². The van der Waals surface area contributed by atoms with Gasteiger partial charge >= 0.3 is 0 Å². The minimum Gasteiger partial charge on any atom is -0.117 e. The van der Waals surface area contributed by atoms with E-state index in [1.807, 2.05) is 0 Å². The lowest BCUT2D eigenvalue weighted by molar-refractivity contribution is 0.531. The number of benzene rings is 2. The smallest absolute Gasteiger partial charge is 0.0619 e. The molecule has 0 saturated heterocycles. The van der Waals surface area contributed by atoms with Crippen molar-refractivity contribution < 1.29 is 0 Å². The van der Waals surface area contributed by atoms with Crippen LogP contribution >= 0.6 is 11.6 Å². The lowest BCUT2D eigenvalue weighted by Gasteiger charge is -2.19. The molecule has 94 valence electrons. The van der Waals surface area contributed by atoms with E-state index in [4.69, 9.17) is 11.6 Å². The van der Waals surface area contributed by atoms with Gasteiger partial charge in [-0.2, -0.15) is 0 Å². The summed E-state index contributed by atoms with van der Waals surface area (Å²) in [7, 11) is 0. The highest BCUT2D eigenvalue weighted by atomic mass is 35.5. The van der Waals surface area contributed by atoms with Crippen molar-refractivity contribution in [3.8, 4) is 0 Å². The van der Waals surface area contributed by atoms with Crippen LogP contribution in [0.25, 0.3) is 10.8 Å². The molecule has 1 fully saturated rings. The van der Waals surface area contributed by atoms with Crippen molar-refractivity contribution in [2.75, 3.05) is 0 Å². The molecule has 18 heavy (non-hydrogen) atoms. The summed E-state index contributed by atoms with van der Waals surface area (Å²) >= 11 is 6.74. The van der Waals surface area contributed by atoms with Crippen LogP contribution in [0.5, 0.6) is 0 Å². The molecule has 0 bridgehead atoms. The van der Waals surface area contributed by atoms with Gasteiger partial charge in [-0.1, -0.05) is 49.2 Å². The van der Waals surface area contributed by atoms with Gasteiger partial charge in [0.05, 0.1) is 5.38 Å². The van der Waals surface area contributed by atoms with E-state index >= 15 is 0 Å². The number of hydrogen-bond donors (Lipinski definition) is 0. The fourth-order valence-corrected chi connectivity index (χ4v) is 3.66. The maximum Gasteiger partial charge on any atom is 0.0619 e. The Morgan fingerprint density at radius 3 is 2.39 bits per heavy atom. The monoisotopic (exact) mass is 258 g/mol. The molecule has 2 aromatic rings. The first kappa shape index (κ1) is 12.0. The number of fused-ring (bicyclic) bond motifs is 1. The summed E-state index contributed by atoms with van der Waals surface area (Å²) in [5.74, 6) is 0.665. The van der Waals surface area contributed by atoms with Crippen LogP contribution < -0.4 is 0 Å². The number of rotatable bonds is 2. The van der Waals surface area contributed by atoms with Crippen LogP contribution in [0.2, 0.25) is 0 Å². The maximum atomic E-state index is 6.74. The number of hydrogen-bond acceptors (Lipinski definition) is 0. The molecule has 0 nitrogen and oxygen atoms in total. The van der Waals surface area contributed by atoms with Gasteiger partial charge in [-0.15, -0.1) is 11.6 Å². The molecule has 1 atom stereocenters. The second-order valence-corrected chi connectivity index (χ2v) is 5.93. The molecule has 0 spiro atoms. The first-order valence-electron chi connectivity index (χ1n) is 6.89. The molecule has 1 heteroatoms. The fraction of sp³-hybridized carbons (Fsp3) is 0.412. The Hall–Kier alpha value is -1.01. The quantitative estimate of drug-likeness (QED) is 0.614. The molecule has 3 rings (SSSR count). The topological polar surface area (TPSA) is 0 Å². The second kappa shape index (κ2) is 4.93. The molecule has 0 aliphatic heterocycles. The highest BCUT2D eigenvalue weighted by Crippen LogP contribution is 2.42. The van der Waals surface area contributed by atoms with E-state index in [0.717, 1.165) is 0 Å². The summed E-state index contributed by atoms with van der Waals surface area (Å²) in [6, 6.07) is 13.1. The number of alkyl halides is 1. The van der Waals surface area contributed by atoms with Crippen molar-refractivity contribution in [3.63, 3.8) is 0 Å². The first-order valence-corrected chi connectivity index (χ1v) is 7.33. The molecule has 1 aliphatic rings. The van der Waals surface area contributed by atoms with Crippen molar-refractivity contribution in [2.24, 2.45) is 5.92 Å². The molecular weight excluding hydrogens is 240 g/mol. The van der Waals surface area contributed by atoms with Gasteiger partial charge in [0, 0.05) is 0 Å². The van der Waals surface area contributed by atoms with Crippen LogP contribution in [-0.4, -0.2) is 0 Å². The Morgan fingerprint density at radius 1 is 1.00 bits per heavy atom. The molecule has 0 heterocycles. The third-order valence-corrected chi connectivity index (χ3v) is 4.88. The summed E-state index contributed by atoms with van der Waals surface area (Å²) in [5, 5.41) is 2.86. The zero-order valence-electron chi connectivity index (χ0n) is 10.8. The van der Waals surface area contributed by atoms with E-state index in [2.05, 4.69) is 43.3 Å². The van der Waals surface area contributed by atoms with E-state index in [1.54, 1.807) is 0 Å². The molecule has 2 aromatic carbocycles. The predicted molar refractivity (Wildman–Crippen MR) is 79.2 cm³/mol. The third-order valence-electron chi connectivity index (χ3n) is 4.29. The van der Waals surface area contributed by atoms with Gasteiger partial charge in [-0.3, -0.25) is 0 Å². The summed E-state index contributed by atoms with van der Waals surface area (Å²) in [6.45, 7) is 2.17. The molecule has 1 unspecified atom stereocenters. The van der Waals surface area contributed by atoms with E-state index in [9.17, 15) is 0 Å². The molecular formula is C17H19Cl. The van der Waals surface area contributed by atoms with E-state index in [0.29, 0.717) is 5.92 Å². The van der Waals surface area contributed by atoms with Crippen molar-refractivity contribution in [2.45, 2.75) is 38.0 Å². The minimum absolute atomic E-state index is 0.179. The van der Waals surface area contributed by atoms with Gasteiger partial charge in [-0.05, 0) is 47.6 Å². The predicted octanol–water partition coefficient (Wildman–Crippen LogP) is 5.62. The molecule has 0 radical (unpaired) electrons. The standard InChI is InChI=1S/C17H19Cl/c1-12-10-11-16(15-9-5-4-8-14(12)15)17(18)13-6-2-3-7-13/h4-5,8-11,13,17H,2-3,6-7H2,1H3. The van der Waals surface area contributed by atoms with Gasteiger partial charge < -0.3 is 0 Å². The Morgan fingerprint density at radius 2 is 1.67 bits per heavy atom. The van der Waals surface area contributed by atoms with Crippen LogP contribution in [0.1, 0.15) is 42.2 Å². The van der Waals surface area contributed by atoms with Crippen LogP contribution in [0.15, 0.2) is 36.4 Å². The maximum absolute atomic E-state index is 6.74. The Balaban J connectivity index is 2.08. The number of halogens is 1. The molecule has 0 amide bonds. The van der Waals surface area contributed by atoms with Crippen molar-refractivity contribution in [3.05, 3.63) is 47.5 Å². The largest absolute Gasteiger partial charge is 0.117 e. The van der Waals surface area contributed by atoms with Crippen LogP contribution in [0.4, 0.5) is 0 Å². The number of aryl methyl sites for hydroxylation is 1. The summed E-state index contributed by atoms with van der Waals surface area (Å²) < 4.78 is 0. The summed E-state index contributed by atoms with van der Waals surface area (Å²) in [4.78, 5) is 0. The minimum atomic E-state index is 0.179. The lowest BCUT2D eigenvalue weighted by Crippen LogP contribution is -2.04. The SMILES string of the molecule is Cc1ccc(C(Cl)C2CCCC2)c2ccccc12. The van der Waals surface area contributed by atoms with Gasteiger partial charge in [0.15, 0.2) is 0 Å². The Labute approximate surface area is 114 Å². The van der Waals surface area contributed by atoms with Gasteiger partial charge in [-0.25, -0.2) is 0 Å². The molecule has 1 saturated carbocycles. The Kier molecular flexibility index (Phi) is 3.30. The first-order chi connectivity index (χ1) is 8.77. The molecule has 1 aliphatic carbocycles. The van der Waals surface area contributed by atoms with E-state index in [1.165, 1.54) is 47.6 Å². The van der Waals surface area contributed by atoms with Gasteiger partial charge in [0.25, 0.3) is 0 Å². The van der Waals surface area contributed by atoms with Gasteiger partial charge in [0.1, 0.15) is 0 Å². The van der Waals surface area contributed by atoms with E-state index in [-0.39, 0.29) is 5.38 Å². The summed E-state index contributed by atoms with van der Waals surface area (Å²) in [5.41, 5.74) is 2.66. The fourth-order valence-electron chi connectivity index (χ4n) is 3.22. The van der Waals surface area contributed by atoms with Crippen molar-refractivity contribution in [1.82, 2.24) is 0 Å². The zero-order chi connectivity index (χ0) is 12.5. The highest BCUT2D eigenvalue weighted by molar-refractivity contribution is 6.22. The average molecular weight is 259 g/mol. The lowest BCUT2D eigenvalue weighted by atomic mass is 9.92. The van der Waals surface area contributed by atoms with Crippen molar-refractivity contribution in [1.29, 1.82) is 0 Å². The molecule has 0 aromatic heterocycles. The van der Waals surface area contributed by atoms with Gasteiger partial charge in [0.2, 0.25) is 0 Å². The summed E-state index contributed by atoms with van der Waals surface area (Å²) in [6.07, 6.45) is 5.27. The zero-order valence-corrected chi connectivity index (χ0v) is 11.6. The van der Waals surface area contributed by atoms with E-state index < -0.39 is 0 Å². The van der Waals surface area contributed by atoms with Crippen LogP contribution in [0.3, 0.4) is 0 Å². The molecule has 0 N–H and O–H groups in total.